The summed E-state index contributed by atoms with van der Waals surface area (Å²) in [6.07, 6.45) is 2.20. The van der Waals surface area contributed by atoms with Crippen molar-refractivity contribution in [3.05, 3.63) is 109 Å². The Morgan fingerprint density at radius 2 is 1.47 bits per heavy atom. The molecule has 0 spiro atoms. The minimum Gasteiger partial charge on any atom is -0.456 e. The zero-order chi connectivity index (χ0) is 28.1. The van der Waals surface area contributed by atoms with Crippen molar-refractivity contribution < 1.29 is 4.42 Å². The topological polar surface area (TPSA) is 23.0 Å². The summed E-state index contributed by atoms with van der Waals surface area (Å²) in [5, 5.41) is 7.72. The van der Waals surface area contributed by atoms with Crippen LogP contribution in [0.4, 0.5) is 0 Å². The molecule has 2 aliphatic heterocycles. The van der Waals surface area contributed by atoms with E-state index in [-0.39, 0.29) is 6.85 Å². The van der Waals surface area contributed by atoms with Crippen molar-refractivity contribution in [3.63, 3.8) is 0 Å². The van der Waals surface area contributed by atoms with Gasteiger partial charge in [-0.05, 0) is 59.5 Å². The van der Waals surface area contributed by atoms with Crippen LogP contribution in [0.1, 0.15) is 5.56 Å². The summed E-state index contributed by atoms with van der Waals surface area (Å²) in [5.41, 5.74) is 14.9. The molecule has 0 amide bonds. The molecule has 0 bridgehead atoms. The average molecular weight is 566 g/mol. The van der Waals surface area contributed by atoms with Gasteiger partial charge < -0.3 is 13.5 Å². The lowest BCUT2D eigenvalue weighted by atomic mass is 9.45. The highest BCUT2D eigenvalue weighted by Crippen LogP contribution is 2.48. The number of rotatable bonds is 1. The van der Waals surface area contributed by atoms with Gasteiger partial charge in [0.15, 0.2) is 0 Å². The molecule has 5 heterocycles. The van der Waals surface area contributed by atoms with Crippen LogP contribution in [0.25, 0.3) is 82.4 Å². The Bertz CT molecular complexity index is 2740. The van der Waals surface area contributed by atoms with E-state index in [0.717, 1.165) is 11.2 Å². The van der Waals surface area contributed by atoms with Gasteiger partial charge in [0.25, 0.3) is 0 Å². The van der Waals surface area contributed by atoms with Crippen LogP contribution in [0, 0.1) is 6.92 Å². The predicted octanol–water partition coefficient (Wildman–Crippen LogP) is 8.77. The highest BCUT2D eigenvalue weighted by atomic mass is 32.2. The van der Waals surface area contributed by atoms with E-state index in [2.05, 4.69) is 125 Å². The Morgan fingerprint density at radius 1 is 0.674 bits per heavy atom. The van der Waals surface area contributed by atoms with Crippen molar-refractivity contribution in [2.75, 3.05) is 6.26 Å². The first-order chi connectivity index (χ1) is 21.2. The lowest BCUT2D eigenvalue weighted by Crippen LogP contribution is -2.55. The maximum absolute atomic E-state index is 6.68. The molecule has 0 aliphatic carbocycles. The van der Waals surface area contributed by atoms with Crippen molar-refractivity contribution in [2.45, 2.75) is 11.8 Å². The molecular formula is C38H23BN2OS. The van der Waals surface area contributed by atoms with E-state index in [1.807, 2.05) is 11.8 Å². The number of para-hydroxylation sites is 3. The standard InChI is InChI=1S/C38H23BN2OS/c1-20-9-7-15-27-32(20)35-31(43-2)18-17-25-38(35)40(27)28-19-30-33(23-11-4-6-16-29(23)42-30)34-24-13-8-12-22-21-10-3-5-14-26(21)41(37(22)24)39(25)36(28)34/h3-19H,1-2H3. The number of aromatic nitrogens is 2. The van der Waals surface area contributed by atoms with Gasteiger partial charge in [-0.1, -0.05) is 72.8 Å². The van der Waals surface area contributed by atoms with Crippen LogP contribution < -0.4 is 10.9 Å². The largest absolute Gasteiger partial charge is 0.456 e. The van der Waals surface area contributed by atoms with Gasteiger partial charge in [-0.25, -0.2) is 0 Å². The van der Waals surface area contributed by atoms with Crippen LogP contribution in [-0.4, -0.2) is 22.1 Å². The van der Waals surface area contributed by atoms with E-state index in [1.54, 1.807) is 0 Å². The summed E-state index contributed by atoms with van der Waals surface area (Å²) in [5.74, 6) is 0. The first kappa shape index (κ1) is 22.7. The molecule has 0 saturated heterocycles. The molecule has 0 fully saturated rings. The fourth-order valence-corrected chi connectivity index (χ4v) is 9.18. The molecule has 0 saturated carbocycles. The molecule has 9 aromatic rings. The van der Waals surface area contributed by atoms with Crippen molar-refractivity contribution >= 4 is 95.1 Å². The molecular weight excluding hydrogens is 543 g/mol. The number of benzene rings is 6. The van der Waals surface area contributed by atoms with Gasteiger partial charge in [0.05, 0.1) is 11.0 Å². The number of thioether (sulfide) groups is 1. The summed E-state index contributed by atoms with van der Waals surface area (Å²) in [6.45, 7) is 2.29. The van der Waals surface area contributed by atoms with Gasteiger partial charge in [-0.15, -0.1) is 11.8 Å². The second kappa shape index (κ2) is 7.55. The van der Waals surface area contributed by atoms with Gasteiger partial charge in [0, 0.05) is 65.6 Å². The van der Waals surface area contributed by atoms with E-state index in [4.69, 9.17) is 4.42 Å². The number of hydrogen-bond donors (Lipinski definition) is 0. The van der Waals surface area contributed by atoms with E-state index in [0.29, 0.717) is 0 Å². The number of hydrogen-bond acceptors (Lipinski definition) is 2. The molecule has 0 N–H and O–H groups in total. The first-order valence-electron chi connectivity index (χ1n) is 14.9. The third-order valence-corrected chi connectivity index (χ3v) is 10.9. The monoisotopic (exact) mass is 566 g/mol. The molecule has 2 aliphatic rings. The van der Waals surface area contributed by atoms with Crippen LogP contribution in [0.3, 0.4) is 0 Å². The summed E-state index contributed by atoms with van der Waals surface area (Å²) >= 11 is 1.84. The molecule has 200 valence electrons. The third-order valence-electron chi connectivity index (χ3n) is 10.1. The van der Waals surface area contributed by atoms with Crippen LogP contribution in [0.15, 0.2) is 112 Å². The van der Waals surface area contributed by atoms with Gasteiger partial charge in [-0.2, -0.15) is 0 Å². The van der Waals surface area contributed by atoms with E-state index in [1.165, 1.54) is 92.6 Å². The number of furan rings is 1. The van der Waals surface area contributed by atoms with Crippen molar-refractivity contribution in [2.24, 2.45) is 0 Å². The molecule has 3 aromatic heterocycles. The van der Waals surface area contributed by atoms with Gasteiger partial charge in [-0.3, -0.25) is 0 Å². The third kappa shape index (κ3) is 2.47. The van der Waals surface area contributed by atoms with Crippen molar-refractivity contribution in [1.29, 1.82) is 0 Å². The molecule has 0 unspecified atom stereocenters. The van der Waals surface area contributed by atoms with Gasteiger partial charge in [0.2, 0.25) is 0 Å². The SMILES string of the molecule is CSc1ccc2c3c1c1c(C)cccc1n3-c1cc3oc4ccccc4c3c3c1B2n1c2ccccc2c2cccc-3c21. The Hall–Kier alpha value is -4.87. The first-order valence-corrected chi connectivity index (χ1v) is 16.1. The molecule has 11 rings (SSSR count). The van der Waals surface area contributed by atoms with E-state index in [9.17, 15) is 0 Å². The normalized spacial score (nSPS) is 13.4. The van der Waals surface area contributed by atoms with Gasteiger partial charge >= 0.3 is 6.85 Å². The summed E-state index contributed by atoms with van der Waals surface area (Å²) < 4.78 is 11.9. The summed E-state index contributed by atoms with van der Waals surface area (Å²) in [4.78, 5) is 1.32. The second-order valence-electron chi connectivity index (χ2n) is 12.0. The lowest BCUT2D eigenvalue weighted by molar-refractivity contribution is 0.669. The summed E-state index contributed by atoms with van der Waals surface area (Å²) in [6, 6.07) is 38.2. The molecule has 0 atom stereocenters. The molecule has 0 radical (unpaired) electrons. The van der Waals surface area contributed by atoms with E-state index < -0.39 is 0 Å². The zero-order valence-corrected chi connectivity index (χ0v) is 24.4. The fourth-order valence-electron chi connectivity index (χ4n) is 8.57. The lowest BCUT2D eigenvalue weighted by Gasteiger charge is -2.34. The Kier molecular flexibility index (Phi) is 3.99. The zero-order valence-electron chi connectivity index (χ0n) is 23.6. The maximum atomic E-state index is 6.68. The van der Waals surface area contributed by atoms with Crippen LogP contribution in [0.2, 0.25) is 0 Å². The highest BCUT2D eigenvalue weighted by Gasteiger charge is 2.43. The Labute approximate surface area is 251 Å². The number of nitrogens with zero attached hydrogens (tertiary/aromatic N) is 2. The van der Waals surface area contributed by atoms with Crippen LogP contribution in [0.5, 0.6) is 0 Å². The van der Waals surface area contributed by atoms with Crippen molar-refractivity contribution in [3.8, 4) is 16.8 Å². The van der Waals surface area contributed by atoms with Gasteiger partial charge in [0.1, 0.15) is 11.2 Å². The minimum absolute atomic E-state index is 0.0379. The molecule has 3 nitrogen and oxygen atoms in total. The molecule has 6 aromatic carbocycles. The molecule has 5 heteroatoms. The summed E-state index contributed by atoms with van der Waals surface area (Å²) in [7, 11) is 0. The quantitative estimate of drug-likeness (QED) is 0.146. The fraction of sp³-hybridized carbons (Fsp3) is 0.0526. The predicted molar refractivity (Wildman–Crippen MR) is 183 cm³/mol. The van der Waals surface area contributed by atoms with Crippen LogP contribution >= 0.6 is 11.8 Å². The molecule has 43 heavy (non-hydrogen) atoms. The van der Waals surface area contributed by atoms with E-state index >= 15 is 0 Å². The smallest absolute Gasteiger partial charge is 0.333 e. The maximum Gasteiger partial charge on any atom is 0.333 e. The van der Waals surface area contributed by atoms with Crippen LogP contribution in [-0.2, 0) is 0 Å². The minimum atomic E-state index is 0.0379. The second-order valence-corrected chi connectivity index (χ2v) is 12.9. The average Bonchev–Trinajstić information content (AvgIpc) is 3.70. The Balaban J connectivity index is 1.49. The highest BCUT2D eigenvalue weighted by molar-refractivity contribution is 7.98. The number of aryl methyl sites for hydroxylation is 1. The Morgan fingerprint density at radius 3 is 2.37 bits per heavy atom. The number of fused-ring (bicyclic) bond motifs is 14. The van der Waals surface area contributed by atoms with Crippen molar-refractivity contribution in [1.82, 2.24) is 9.05 Å².